The molecule has 3 fully saturated rings. The summed E-state index contributed by atoms with van der Waals surface area (Å²) in [6, 6.07) is 11.9. The van der Waals surface area contributed by atoms with Crippen LogP contribution in [0.25, 0.3) is 0 Å². The largest absolute Gasteiger partial charge is 0.384 e. The van der Waals surface area contributed by atoms with Crippen LogP contribution in [0.2, 0.25) is 0 Å². The maximum Gasteiger partial charge on any atom is 0.272 e. The standard InChI is InChI=1S/C24H27FN4O2/c25-18-5-1-4-15(10-18)11-21-17-12-16(20-7-3-9-23(30)29(20)21)13-28(14-17)24(31)19-6-2-8-22(26)27-19/h1-2,4-6,8,10,16-17,20-21H,3,7,9,11-14H2,(H2,26,27)/t16-,17+,20+,21+/m1/s1. The molecule has 4 heterocycles. The van der Waals surface area contributed by atoms with Crippen molar-refractivity contribution in [2.24, 2.45) is 11.8 Å². The summed E-state index contributed by atoms with van der Waals surface area (Å²) in [6.07, 6.45) is 4.02. The summed E-state index contributed by atoms with van der Waals surface area (Å²) in [7, 11) is 0. The van der Waals surface area contributed by atoms with Crippen molar-refractivity contribution in [1.82, 2.24) is 14.8 Å². The molecule has 0 radical (unpaired) electrons. The van der Waals surface area contributed by atoms with Gasteiger partial charge in [0.25, 0.3) is 5.91 Å². The number of amides is 2. The van der Waals surface area contributed by atoms with Crippen LogP contribution < -0.4 is 5.73 Å². The number of rotatable bonds is 3. The molecule has 5 rings (SSSR count). The van der Waals surface area contributed by atoms with Gasteiger partial charge in [-0.3, -0.25) is 9.59 Å². The molecule has 3 aliphatic rings. The van der Waals surface area contributed by atoms with Gasteiger partial charge >= 0.3 is 0 Å². The molecule has 2 aromatic rings. The lowest BCUT2D eigenvalue weighted by molar-refractivity contribution is -0.151. The van der Waals surface area contributed by atoms with Crippen molar-refractivity contribution in [2.45, 2.75) is 44.2 Å². The molecule has 162 valence electrons. The number of carbonyl (C=O) groups is 2. The predicted molar refractivity (Wildman–Crippen MR) is 115 cm³/mol. The Morgan fingerprint density at radius 3 is 2.77 bits per heavy atom. The lowest BCUT2D eigenvalue weighted by Gasteiger charge is -2.56. The third-order valence-electron chi connectivity index (χ3n) is 7.11. The summed E-state index contributed by atoms with van der Waals surface area (Å²) in [4.78, 5) is 34.3. The first-order valence-corrected chi connectivity index (χ1v) is 11.1. The lowest BCUT2D eigenvalue weighted by Crippen LogP contribution is -2.66. The number of carbonyl (C=O) groups excluding carboxylic acids is 2. The van der Waals surface area contributed by atoms with E-state index >= 15 is 0 Å². The zero-order valence-corrected chi connectivity index (χ0v) is 17.4. The van der Waals surface area contributed by atoms with Gasteiger partial charge in [-0.15, -0.1) is 0 Å². The number of nitrogens with zero attached hydrogens (tertiary/aromatic N) is 3. The van der Waals surface area contributed by atoms with Crippen LogP contribution in [0.1, 0.15) is 41.7 Å². The van der Waals surface area contributed by atoms with Gasteiger partial charge in [0.15, 0.2) is 0 Å². The highest BCUT2D eigenvalue weighted by Crippen LogP contribution is 2.42. The highest BCUT2D eigenvalue weighted by atomic mass is 19.1. The SMILES string of the molecule is Nc1cccc(C(=O)N2C[C@H]3C[C@@H](C2)[C@H](Cc2cccc(F)c2)N2C(=O)CCC[C@@H]32)n1. The fraction of sp³-hybridized carbons (Fsp3) is 0.458. The van der Waals surface area contributed by atoms with Crippen molar-refractivity contribution in [3.05, 3.63) is 59.5 Å². The first kappa shape index (κ1) is 20.0. The predicted octanol–water partition coefficient (Wildman–Crippen LogP) is 2.89. The highest BCUT2D eigenvalue weighted by Gasteiger charge is 2.50. The van der Waals surface area contributed by atoms with Crippen LogP contribution in [-0.2, 0) is 11.2 Å². The van der Waals surface area contributed by atoms with Crippen LogP contribution in [0.3, 0.4) is 0 Å². The van der Waals surface area contributed by atoms with E-state index in [1.807, 2.05) is 11.0 Å². The second-order valence-electron chi connectivity index (χ2n) is 9.08. The summed E-state index contributed by atoms with van der Waals surface area (Å²) in [5, 5.41) is 0. The van der Waals surface area contributed by atoms with Gasteiger partial charge in [0.05, 0.1) is 0 Å². The molecular formula is C24H27FN4O2. The van der Waals surface area contributed by atoms with E-state index in [0.29, 0.717) is 37.4 Å². The average Bonchev–Trinajstić information content (AvgIpc) is 2.76. The van der Waals surface area contributed by atoms with Crippen LogP contribution in [0, 0.1) is 17.7 Å². The number of aromatic nitrogens is 1. The van der Waals surface area contributed by atoms with Gasteiger partial charge in [-0.2, -0.15) is 0 Å². The molecule has 0 unspecified atom stereocenters. The van der Waals surface area contributed by atoms with Crippen LogP contribution >= 0.6 is 0 Å². The van der Waals surface area contributed by atoms with Gasteiger partial charge in [0.2, 0.25) is 5.91 Å². The number of nitrogen functional groups attached to an aromatic ring is 1. The number of pyridine rings is 1. The van der Waals surface area contributed by atoms with Crippen LogP contribution in [0.15, 0.2) is 42.5 Å². The van der Waals surface area contributed by atoms with E-state index < -0.39 is 0 Å². The number of fused-ring (bicyclic) bond motifs is 4. The molecule has 2 N–H and O–H groups in total. The monoisotopic (exact) mass is 422 g/mol. The molecule has 3 aliphatic heterocycles. The average molecular weight is 423 g/mol. The molecule has 1 aromatic heterocycles. The van der Waals surface area contributed by atoms with Gasteiger partial charge < -0.3 is 15.5 Å². The van der Waals surface area contributed by atoms with E-state index in [-0.39, 0.29) is 41.6 Å². The summed E-state index contributed by atoms with van der Waals surface area (Å²) in [5.41, 5.74) is 7.03. The number of benzene rings is 1. The van der Waals surface area contributed by atoms with E-state index in [0.717, 1.165) is 24.8 Å². The van der Waals surface area contributed by atoms with E-state index in [1.165, 1.54) is 6.07 Å². The Morgan fingerprint density at radius 2 is 1.97 bits per heavy atom. The van der Waals surface area contributed by atoms with E-state index in [4.69, 9.17) is 5.73 Å². The Balaban J connectivity index is 1.45. The van der Waals surface area contributed by atoms with Gasteiger partial charge in [-0.05, 0) is 67.3 Å². The Labute approximate surface area is 181 Å². The van der Waals surface area contributed by atoms with E-state index in [2.05, 4.69) is 9.88 Å². The van der Waals surface area contributed by atoms with E-state index in [9.17, 15) is 14.0 Å². The third kappa shape index (κ3) is 3.77. The molecule has 4 atom stereocenters. The normalized spacial score (nSPS) is 27.7. The second kappa shape index (κ2) is 7.94. The molecule has 0 saturated carbocycles. The molecule has 1 aromatic carbocycles. The van der Waals surface area contributed by atoms with Gasteiger partial charge in [-0.1, -0.05) is 18.2 Å². The number of piperidine rings is 3. The first-order valence-electron chi connectivity index (χ1n) is 11.1. The maximum atomic E-state index is 13.8. The summed E-state index contributed by atoms with van der Waals surface area (Å²) < 4.78 is 13.8. The van der Waals surface area contributed by atoms with Crippen molar-refractivity contribution in [1.29, 1.82) is 0 Å². The third-order valence-corrected chi connectivity index (χ3v) is 7.11. The topological polar surface area (TPSA) is 79.5 Å². The smallest absolute Gasteiger partial charge is 0.272 e. The summed E-state index contributed by atoms with van der Waals surface area (Å²) in [6.45, 7) is 1.20. The van der Waals surface area contributed by atoms with Crippen molar-refractivity contribution >= 4 is 17.6 Å². The van der Waals surface area contributed by atoms with Gasteiger partial charge in [-0.25, -0.2) is 9.37 Å². The fourth-order valence-electron chi connectivity index (χ4n) is 5.84. The number of nitrogens with two attached hydrogens (primary N) is 1. The number of anilines is 1. The molecule has 3 saturated heterocycles. The summed E-state index contributed by atoms with van der Waals surface area (Å²) in [5.74, 6) is 0.575. The van der Waals surface area contributed by atoms with Crippen molar-refractivity contribution in [3.63, 3.8) is 0 Å². The van der Waals surface area contributed by atoms with Crippen LogP contribution in [0.5, 0.6) is 0 Å². The highest BCUT2D eigenvalue weighted by molar-refractivity contribution is 5.92. The molecule has 2 amide bonds. The first-order chi connectivity index (χ1) is 15.0. The quantitative estimate of drug-likeness (QED) is 0.825. The molecule has 0 aliphatic carbocycles. The number of hydrogen-bond donors (Lipinski definition) is 1. The molecule has 31 heavy (non-hydrogen) atoms. The molecule has 2 bridgehead atoms. The molecule has 7 heteroatoms. The fourth-order valence-corrected chi connectivity index (χ4v) is 5.84. The van der Waals surface area contributed by atoms with Crippen LogP contribution in [-0.4, -0.2) is 51.8 Å². The van der Waals surface area contributed by atoms with Crippen LogP contribution in [0.4, 0.5) is 10.2 Å². The molecular weight excluding hydrogens is 395 g/mol. The number of hydrogen-bond acceptors (Lipinski definition) is 4. The number of halogens is 1. The minimum atomic E-state index is -0.263. The zero-order valence-electron chi connectivity index (χ0n) is 17.4. The van der Waals surface area contributed by atoms with Crippen molar-refractivity contribution < 1.29 is 14.0 Å². The minimum absolute atomic E-state index is 0.0275. The Bertz CT molecular complexity index is 1010. The van der Waals surface area contributed by atoms with Crippen molar-refractivity contribution in [3.8, 4) is 0 Å². The van der Waals surface area contributed by atoms with E-state index in [1.54, 1.807) is 30.3 Å². The Kier molecular flexibility index (Phi) is 5.12. The maximum absolute atomic E-state index is 13.8. The Hall–Kier alpha value is -2.96. The van der Waals surface area contributed by atoms with Gasteiger partial charge in [0, 0.05) is 31.6 Å². The molecule has 0 spiro atoms. The Morgan fingerprint density at radius 1 is 1.16 bits per heavy atom. The second-order valence-corrected chi connectivity index (χ2v) is 9.08. The summed E-state index contributed by atoms with van der Waals surface area (Å²) >= 11 is 0. The zero-order chi connectivity index (χ0) is 21.5. The lowest BCUT2D eigenvalue weighted by atomic mass is 9.70. The van der Waals surface area contributed by atoms with Gasteiger partial charge in [0.1, 0.15) is 17.3 Å². The molecule has 6 nitrogen and oxygen atoms in total. The minimum Gasteiger partial charge on any atom is -0.384 e. The van der Waals surface area contributed by atoms with Crippen molar-refractivity contribution in [2.75, 3.05) is 18.8 Å². The number of likely N-dealkylation sites (tertiary alicyclic amines) is 1.